The van der Waals surface area contributed by atoms with Crippen molar-refractivity contribution in [2.24, 2.45) is 0 Å². The maximum atomic E-state index is 13.7. The minimum atomic E-state index is -1.45. The second-order valence-corrected chi connectivity index (χ2v) is 5.27. The molecule has 2 rings (SSSR count). The van der Waals surface area contributed by atoms with Gasteiger partial charge in [-0.25, -0.2) is 8.78 Å². The summed E-state index contributed by atoms with van der Waals surface area (Å²) in [5.74, 6) is -1.35. The summed E-state index contributed by atoms with van der Waals surface area (Å²) in [6.07, 6.45) is 1.39. The number of rotatable bonds is 2. The number of anilines is 1. The Hall–Kier alpha value is -0.850. The highest BCUT2D eigenvalue weighted by molar-refractivity contribution is 7.90. The van der Waals surface area contributed by atoms with Crippen LogP contribution in [0, 0.1) is 11.6 Å². The van der Waals surface area contributed by atoms with Gasteiger partial charge in [0.15, 0.2) is 10.7 Å². The molecule has 17 heavy (non-hydrogen) atoms. The predicted octanol–water partition coefficient (Wildman–Crippen LogP) is 1.11. The van der Waals surface area contributed by atoms with E-state index < -0.39 is 22.8 Å². The van der Waals surface area contributed by atoms with Crippen LogP contribution in [0.25, 0.3) is 0 Å². The van der Waals surface area contributed by atoms with Crippen molar-refractivity contribution in [3.05, 3.63) is 23.8 Å². The van der Waals surface area contributed by atoms with Gasteiger partial charge in [-0.2, -0.15) is 0 Å². The van der Waals surface area contributed by atoms with Gasteiger partial charge in [0, 0.05) is 38.3 Å². The minimum Gasteiger partial charge on any atom is -0.612 e. The molecule has 1 N–H and O–H groups in total. The van der Waals surface area contributed by atoms with Crippen LogP contribution >= 0.6 is 0 Å². The molecule has 1 atom stereocenters. The monoisotopic (exact) mass is 260 g/mol. The zero-order chi connectivity index (χ0) is 12.4. The Kier molecular flexibility index (Phi) is 3.86. The normalized spacial score (nSPS) is 18.2. The average Bonchev–Trinajstić information content (AvgIpc) is 2.29. The van der Waals surface area contributed by atoms with Crippen LogP contribution in [0.15, 0.2) is 17.0 Å². The molecular weight excluding hydrogens is 246 g/mol. The van der Waals surface area contributed by atoms with E-state index in [2.05, 4.69) is 5.32 Å². The number of benzene rings is 1. The van der Waals surface area contributed by atoms with E-state index in [1.807, 2.05) is 4.90 Å². The third-order valence-corrected chi connectivity index (χ3v) is 3.70. The Labute approximate surface area is 102 Å². The number of nitrogens with one attached hydrogen (secondary N) is 1. The van der Waals surface area contributed by atoms with Crippen molar-refractivity contribution < 1.29 is 13.3 Å². The summed E-state index contributed by atoms with van der Waals surface area (Å²) in [5.41, 5.74) is 0.332. The Morgan fingerprint density at radius 1 is 1.24 bits per heavy atom. The van der Waals surface area contributed by atoms with Gasteiger partial charge in [-0.05, 0) is 11.2 Å². The van der Waals surface area contributed by atoms with Crippen molar-refractivity contribution >= 4 is 16.9 Å². The van der Waals surface area contributed by atoms with Crippen LogP contribution in [-0.4, -0.2) is 37.0 Å². The van der Waals surface area contributed by atoms with Crippen LogP contribution in [0.5, 0.6) is 0 Å². The minimum absolute atomic E-state index is 0.0555. The summed E-state index contributed by atoms with van der Waals surface area (Å²) in [4.78, 5) is 1.89. The molecule has 3 nitrogen and oxygen atoms in total. The highest BCUT2D eigenvalue weighted by Gasteiger charge is 2.21. The Morgan fingerprint density at radius 2 is 1.88 bits per heavy atom. The number of hydrogen-bond acceptors (Lipinski definition) is 3. The lowest BCUT2D eigenvalue weighted by Crippen LogP contribution is -2.44. The van der Waals surface area contributed by atoms with Gasteiger partial charge in [0.2, 0.25) is 0 Å². The summed E-state index contributed by atoms with van der Waals surface area (Å²) in [7, 11) is 0. The highest BCUT2D eigenvalue weighted by Crippen LogP contribution is 2.26. The lowest BCUT2D eigenvalue weighted by molar-refractivity contribution is 0.537. The van der Waals surface area contributed by atoms with E-state index in [1.165, 1.54) is 12.3 Å². The van der Waals surface area contributed by atoms with Crippen LogP contribution in [0.2, 0.25) is 0 Å². The Bertz CT molecular complexity index is 409. The molecule has 1 aromatic carbocycles. The third kappa shape index (κ3) is 2.70. The average molecular weight is 260 g/mol. The second kappa shape index (κ2) is 5.20. The van der Waals surface area contributed by atoms with Gasteiger partial charge in [0.1, 0.15) is 12.1 Å². The zero-order valence-electron chi connectivity index (χ0n) is 9.50. The van der Waals surface area contributed by atoms with Crippen LogP contribution in [0.4, 0.5) is 14.5 Å². The number of nitrogens with zero attached hydrogens (tertiary/aromatic N) is 1. The first-order valence-electron chi connectivity index (χ1n) is 5.37. The molecule has 6 heteroatoms. The smallest absolute Gasteiger partial charge is 0.190 e. The fraction of sp³-hybridized carbons (Fsp3) is 0.455. The van der Waals surface area contributed by atoms with Crippen molar-refractivity contribution in [3.63, 3.8) is 0 Å². The molecule has 0 radical (unpaired) electrons. The van der Waals surface area contributed by atoms with Crippen molar-refractivity contribution in [2.45, 2.75) is 4.90 Å². The first-order chi connectivity index (χ1) is 8.09. The largest absolute Gasteiger partial charge is 0.612 e. The number of hydrogen-bond donors (Lipinski definition) is 1. The maximum Gasteiger partial charge on any atom is 0.190 e. The van der Waals surface area contributed by atoms with Gasteiger partial charge in [-0.3, -0.25) is 0 Å². The fourth-order valence-corrected chi connectivity index (χ4v) is 2.50. The van der Waals surface area contributed by atoms with E-state index in [1.54, 1.807) is 0 Å². The molecule has 0 aromatic heterocycles. The van der Waals surface area contributed by atoms with Gasteiger partial charge in [0.25, 0.3) is 0 Å². The van der Waals surface area contributed by atoms with E-state index in [-0.39, 0.29) is 4.90 Å². The molecule has 1 aliphatic rings. The zero-order valence-corrected chi connectivity index (χ0v) is 10.3. The number of halogens is 2. The Balaban J connectivity index is 2.35. The van der Waals surface area contributed by atoms with Gasteiger partial charge < -0.3 is 14.8 Å². The molecule has 0 bridgehead atoms. The summed E-state index contributed by atoms with van der Waals surface area (Å²) < 4.78 is 38.4. The summed E-state index contributed by atoms with van der Waals surface area (Å²) in [6, 6.07) is 2.17. The van der Waals surface area contributed by atoms with E-state index in [4.69, 9.17) is 0 Å². The molecule has 0 aliphatic carbocycles. The SMILES string of the molecule is C[S@+]([O-])c1cc(N2CCNCC2)c(F)cc1F. The third-order valence-electron chi connectivity index (χ3n) is 2.77. The molecule has 1 aromatic rings. The van der Waals surface area contributed by atoms with Crippen LogP contribution < -0.4 is 10.2 Å². The van der Waals surface area contributed by atoms with Crippen molar-refractivity contribution in [3.8, 4) is 0 Å². The van der Waals surface area contributed by atoms with Crippen LogP contribution in [-0.2, 0) is 11.2 Å². The molecule has 1 saturated heterocycles. The predicted molar refractivity (Wildman–Crippen MR) is 63.8 cm³/mol. The Morgan fingerprint density at radius 3 is 2.47 bits per heavy atom. The molecule has 94 valence electrons. The van der Waals surface area contributed by atoms with E-state index in [0.717, 1.165) is 19.2 Å². The first kappa shape index (κ1) is 12.6. The molecule has 0 saturated carbocycles. The van der Waals surface area contributed by atoms with E-state index in [0.29, 0.717) is 18.8 Å². The molecule has 1 fully saturated rings. The van der Waals surface area contributed by atoms with Gasteiger partial charge in [0.05, 0.1) is 5.69 Å². The molecule has 0 unspecified atom stereocenters. The first-order valence-corrected chi connectivity index (χ1v) is 6.93. The van der Waals surface area contributed by atoms with Gasteiger partial charge in [-0.15, -0.1) is 0 Å². The maximum absolute atomic E-state index is 13.7. The summed E-state index contributed by atoms with van der Waals surface area (Å²) in [5, 5.41) is 3.15. The van der Waals surface area contributed by atoms with Crippen molar-refractivity contribution in [1.29, 1.82) is 0 Å². The molecule has 0 spiro atoms. The summed E-state index contributed by atoms with van der Waals surface area (Å²) in [6.45, 7) is 2.86. The lowest BCUT2D eigenvalue weighted by Gasteiger charge is -2.29. The van der Waals surface area contributed by atoms with Crippen LogP contribution in [0.1, 0.15) is 0 Å². The van der Waals surface area contributed by atoms with E-state index in [9.17, 15) is 13.3 Å². The molecular formula is C11H14F2N2OS. The molecule has 0 amide bonds. The highest BCUT2D eigenvalue weighted by atomic mass is 32.2. The second-order valence-electron chi connectivity index (χ2n) is 3.93. The quantitative estimate of drug-likeness (QED) is 0.810. The van der Waals surface area contributed by atoms with E-state index >= 15 is 0 Å². The van der Waals surface area contributed by atoms with Crippen LogP contribution in [0.3, 0.4) is 0 Å². The van der Waals surface area contributed by atoms with Gasteiger partial charge >= 0.3 is 0 Å². The topological polar surface area (TPSA) is 38.3 Å². The fourth-order valence-electron chi connectivity index (χ4n) is 1.89. The lowest BCUT2D eigenvalue weighted by atomic mass is 10.2. The standard InChI is InChI=1S/C11H14F2N2OS/c1-17(16)11-7-10(8(12)6-9(11)13)15-4-2-14-3-5-15/h6-7,14H,2-5H2,1H3/t17-/m0/s1. The summed E-state index contributed by atoms with van der Waals surface area (Å²) >= 11 is -1.45. The number of piperazine rings is 1. The molecule has 1 aliphatic heterocycles. The van der Waals surface area contributed by atoms with Crippen molar-refractivity contribution in [1.82, 2.24) is 5.32 Å². The van der Waals surface area contributed by atoms with Crippen molar-refractivity contribution in [2.75, 3.05) is 37.3 Å². The molecule has 1 heterocycles. The van der Waals surface area contributed by atoms with Gasteiger partial charge in [-0.1, -0.05) is 0 Å².